The molecule has 3 aliphatic rings. The van der Waals surface area contributed by atoms with Crippen molar-refractivity contribution in [2.45, 2.75) is 6.17 Å². The average Bonchev–Trinajstić information content (AvgIpc) is 3.32. The van der Waals surface area contributed by atoms with Crippen LogP contribution in [-0.2, 0) is 0 Å². The van der Waals surface area contributed by atoms with Crippen LogP contribution < -0.4 is 5.32 Å². The number of nitrogens with zero attached hydrogens (tertiary/aromatic N) is 4. The number of hydrogen-bond donors (Lipinski definition) is 1. The summed E-state index contributed by atoms with van der Waals surface area (Å²) in [5, 5.41) is 4.45. The number of benzene rings is 2. The Morgan fingerprint density at radius 3 is 2.38 bits per heavy atom. The molecule has 3 aliphatic heterocycles. The highest BCUT2D eigenvalue weighted by atomic mass is 35.5. The van der Waals surface area contributed by atoms with Gasteiger partial charge in [-0.1, -0.05) is 60.1 Å². The maximum Gasteiger partial charge on any atom is 0.254 e. The lowest BCUT2D eigenvalue weighted by atomic mass is 10.0. The van der Waals surface area contributed by atoms with E-state index >= 15 is 0 Å². The molecule has 6 nitrogen and oxygen atoms in total. The van der Waals surface area contributed by atoms with Gasteiger partial charge in [0.1, 0.15) is 6.17 Å². The second-order valence-electron chi connectivity index (χ2n) is 9.44. The minimum atomic E-state index is 0.0581. The zero-order chi connectivity index (χ0) is 25.2. The number of piperazine rings is 1. The van der Waals surface area contributed by atoms with E-state index in [4.69, 9.17) is 11.6 Å². The van der Waals surface area contributed by atoms with Crippen LogP contribution >= 0.6 is 11.6 Å². The van der Waals surface area contributed by atoms with Crippen molar-refractivity contribution in [2.24, 2.45) is 0 Å². The van der Waals surface area contributed by atoms with Crippen LogP contribution in [0.2, 0.25) is 5.02 Å². The number of halogens is 1. The molecule has 2 aromatic carbocycles. The van der Waals surface area contributed by atoms with Crippen molar-refractivity contribution in [3.8, 4) is 0 Å². The molecule has 37 heavy (non-hydrogen) atoms. The van der Waals surface area contributed by atoms with Crippen LogP contribution in [0, 0.1) is 0 Å². The Morgan fingerprint density at radius 2 is 1.65 bits per heavy atom. The third-order valence-corrected chi connectivity index (χ3v) is 7.38. The van der Waals surface area contributed by atoms with Gasteiger partial charge in [-0.25, -0.2) is 0 Å². The number of carbonyl (C=O) groups excluding carboxylic acids is 1. The fourth-order valence-corrected chi connectivity index (χ4v) is 5.24. The van der Waals surface area contributed by atoms with E-state index in [9.17, 15) is 4.79 Å². The molecule has 4 heterocycles. The lowest BCUT2D eigenvalue weighted by molar-refractivity contribution is 0.0642. The number of amides is 1. The van der Waals surface area contributed by atoms with Crippen molar-refractivity contribution in [1.82, 2.24) is 25.0 Å². The molecule has 0 saturated carbocycles. The summed E-state index contributed by atoms with van der Waals surface area (Å²) in [5.74, 6) is 0.0716. The van der Waals surface area contributed by atoms with E-state index in [1.54, 1.807) is 24.5 Å². The van der Waals surface area contributed by atoms with Gasteiger partial charge in [0, 0.05) is 61.9 Å². The molecule has 0 radical (unpaired) electrons. The Hall–Kier alpha value is -3.87. The average molecular weight is 510 g/mol. The molecule has 1 amide bonds. The minimum Gasteiger partial charge on any atom is -0.360 e. The molecule has 1 N–H and O–H groups in total. The summed E-state index contributed by atoms with van der Waals surface area (Å²) in [6.07, 6.45) is 10.0. The minimum absolute atomic E-state index is 0.0581. The number of rotatable bonds is 5. The molecule has 1 fully saturated rings. The molecule has 3 aromatic rings. The summed E-state index contributed by atoms with van der Waals surface area (Å²) >= 11 is 6.19. The smallest absolute Gasteiger partial charge is 0.254 e. The summed E-state index contributed by atoms with van der Waals surface area (Å²) in [6, 6.07) is 22.0. The number of carbonyl (C=O) groups is 1. The van der Waals surface area contributed by atoms with Gasteiger partial charge in [-0.05, 0) is 47.0 Å². The van der Waals surface area contributed by atoms with E-state index in [1.807, 2.05) is 23.1 Å². The molecule has 0 bridgehead atoms. The van der Waals surface area contributed by atoms with E-state index in [1.165, 1.54) is 16.8 Å². The monoisotopic (exact) mass is 509 g/mol. The zero-order valence-electron chi connectivity index (χ0n) is 20.4. The third kappa shape index (κ3) is 4.90. The Morgan fingerprint density at radius 1 is 0.919 bits per heavy atom. The fraction of sp³-hybridized carbons (Fsp3) is 0.200. The highest BCUT2D eigenvalue weighted by Crippen LogP contribution is 2.34. The first-order valence-corrected chi connectivity index (χ1v) is 12.9. The summed E-state index contributed by atoms with van der Waals surface area (Å²) in [6.45, 7) is 3.82. The summed E-state index contributed by atoms with van der Waals surface area (Å²) in [5.41, 5.74) is 6.52. The molecular weight excluding hydrogens is 482 g/mol. The van der Waals surface area contributed by atoms with Gasteiger partial charge in [0.2, 0.25) is 0 Å². The van der Waals surface area contributed by atoms with Crippen molar-refractivity contribution in [2.75, 3.05) is 32.7 Å². The molecule has 1 aromatic heterocycles. The van der Waals surface area contributed by atoms with Crippen molar-refractivity contribution in [3.63, 3.8) is 0 Å². The van der Waals surface area contributed by atoms with Gasteiger partial charge in [-0.15, -0.1) is 0 Å². The number of hydrogen-bond acceptors (Lipinski definition) is 5. The Kier molecular flexibility index (Phi) is 6.51. The molecule has 1 atom stereocenters. The number of pyridine rings is 1. The highest BCUT2D eigenvalue weighted by molar-refractivity contribution is 6.30. The van der Waals surface area contributed by atoms with Gasteiger partial charge in [0.25, 0.3) is 5.91 Å². The third-order valence-electron chi connectivity index (χ3n) is 7.13. The first-order valence-electron chi connectivity index (χ1n) is 12.6. The molecule has 186 valence electrons. The molecule has 0 aliphatic carbocycles. The quantitative estimate of drug-likeness (QED) is 0.540. The van der Waals surface area contributed by atoms with Crippen LogP contribution in [-0.4, -0.2) is 64.5 Å². The predicted octanol–water partition coefficient (Wildman–Crippen LogP) is 4.70. The standard InChI is InChI=1S/C30H28ClN5O/c31-26-9-6-23(7-10-26)29-27(36-20-25(8-11-28(36)33-29)22-4-2-1-3-5-22)21-34-16-18-35(19-17-34)30(37)24-12-14-32-15-13-24/h1-15,20,28,33H,16-19,21H2. The van der Waals surface area contributed by atoms with E-state index in [0.29, 0.717) is 18.7 Å². The van der Waals surface area contributed by atoms with Gasteiger partial charge in [-0.3, -0.25) is 14.7 Å². The number of allylic oxidation sites excluding steroid dienone is 2. The molecule has 1 saturated heterocycles. The zero-order valence-corrected chi connectivity index (χ0v) is 21.2. The normalized spacial score (nSPS) is 19.5. The Labute approximate surface area is 222 Å². The van der Waals surface area contributed by atoms with Gasteiger partial charge >= 0.3 is 0 Å². The van der Waals surface area contributed by atoms with Crippen LogP contribution in [0.15, 0.2) is 103 Å². The predicted molar refractivity (Wildman–Crippen MR) is 147 cm³/mol. The molecular formula is C30H28ClN5O. The van der Waals surface area contributed by atoms with Crippen LogP contribution in [0.3, 0.4) is 0 Å². The van der Waals surface area contributed by atoms with Gasteiger partial charge in [0.05, 0.1) is 11.4 Å². The first kappa shape index (κ1) is 23.5. The lowest BCUT2D eigenvalue weighted by Crippen LogP contribution is -2.49. The largest absolute Gasteiger partial charge is 0.360 e. The second-order valence-corrected chi connectivity index (χ2v) is 9.88. The van der Waals surface area contributed by atoms with Crippen molar-refractivity contribution < 1.29 is 4.79 Å². The first-order chi connectivity index (χ1) is 18.2. The van der Waals surface area contributed by atoms with E-state index in [2.05, 4.69) is 74.9 Å². The number of nitrogens with one attached hydrogen (secondary N) is 1. The highest BCUT2D eigenvalue weighted by Gasteiger charge is 2.33. The van der Waals surface area contributed by atoms with Gasteiger partial charge in [-0.2, -0.15) is 0 Å². The molecule has 1 unspecified atom stereocenters. The van der Waals surface area contributed by atoms with Crippen LogP contribution in [0.4, 0.5) is 0 Å². The lowest BCUT2D eigenvalue weighted by Gasteiger charge is -2.36. The summed E-state index contributed by atoms with van der Waals surface area (Å²) < 4.78 is 0. The van der Waals surface area contributed by atoms with Crippen molar-refractivity contribution in [1.29, 1.82) is 0 Å². The van der Waals surface area contributed by atoms with Gasteiger partial charge in [0.15, 0.2) is 0 Å². The number of fused-ring (bicyclic) bond motifs is 1. The molecule has 6 rings (SSSR count). The fourth-order valence-electron chi connectivity index (χ4n) is 5.11. The van der Waals surface area contributed by atoms with Crippen LogP contribution in [0.25, 0.3) is 11.3 Å². The van der Waals surface area contributed by atoms with Crippen LogP contribution in [0.1, 0.15) is 21.5 Å². The maximum absolute atomic E-state index is 12.9. The van der Waals surface area contributed by atoms with Crippen LogP contribution in [0.5, 0.6) is 0 Å². The van der Waals surface area contributed by atoms with Gasteiger partial charge < -0.3 is 15.1 Å². The van der Waals surface area contributed by atoms with Crippen molar-refractivity contribution >= 4 is 28.8 Å². The van der Waals surface area contributed by atoms with E-state index < -0.39 is 0 Å². The van der Waals surface area contributed by atoms with E-state index in [0.717, 1.165) is 35.9 Å². The summed E-state index contributed by atoms with van der Waals surface area (Å²) in [7, 11) is 0. The Balaban J connectivity index is 1.25. The van der Waals surface area contributed by atoms with E-state index in [-0.39, 0.29) is 12.1 Å². The SMILES string of the molecule is O=C(c1ccncc1)N1CCN(CC2=C(c3ccc(Cl)cc3)NC3C=CC(c4ccccc4)=CN23)CC1. The molecule has 0 spiro atoms. The molecule has 7 heteroatoms. The Bertz CT molecular complexity index is 1360. The maximum atomic E-state index is 12.9. The summed E-state index contributed by atoms with van der Waals surface area (Å²) in [4.78, 5) is 23.6. The topological polar surface area (TPSA) is 51.7 Å². The number of aromatic nitrogens is 1. The van der Waals surface area contributed by atoms with Crippen molar-refractivity contribution in [3.05, 3.63) is 125 Å². The second kappa shape index (κ2) is 10.2.